The summed E-state index contributed by atoms with van der Waals surface area (Å²) in [5.41, 5.74) is 4.19. The minimum absolute atomic E-state index is 0.0110. The average molecular weight is 341 g/mol. The third kappa shape index (κ3) is 5.82. The third-order valence-corrected chi connectivity index (χ3v) is 3.75. The molecule has 25 heavy (non-hydrogen) atoms. The summed E-state index contributed by atoms with van der Waals surface area (Å²) in [5.74, 6) is 1.49. The highest BCUT2D eigenvalue weighted by Crippen LogP contribution is 2.29. The Hall–Kier alpha value is -2.49. The second kappa shape index (κ2) is 9.11. The number of amides is 1. The highest BCUT2D eigenvalue weighted by molar-refractivity contribution is 5.91. The van der Waals surface area contributed by atoms with E-state index in [1.54, 1.807) is 0 Å². The second-order valence-corrected chi connectivity index (χ2v) is 6.07. The Morgan fingerprint density at radius 1 is 0.920 bits per heavy atom. The van der Waals surface area contributed by atoms with Crippen molar-refractivity contribution in [1.29, 1.82) is 0 Å². The zero-order chi connectivity index (χ0) is 18.2. The molecule has 0 bridgehead atoms. The summed E-state index contributed by atoms with van der Waals surface area (Å²) >= 11 is 0. The first kappa shape index (κ1) is 18.8. The van der Waals surface area contributed by atoms with Crippen LogP contribution < -0.4 is 14.8 Å². The standard InChI is InChI=1S/C21H27NO3/c1-5-24-19-9-7-17(14-20(19)25-6-2)8-10-21(23)22-18-12-15(3)11-16(4)13-18/h7,9,11-14H,5-6,8,10H2,1-4H3,(H,22,23). The van der Waals surface area contributed by atoms with Crippen LogP contribution in [0.3, 0.4) is 0 Å². The molecule has 0 saturated heterocycles. The smallest absolute Gasteiger partial charge is 0.224 e. The summed E-state index contributed by atoms with van der Waals surface area (Å²) in [6.07, 6.45) is 1.08. The molecule has 2 aromatic carbocycles. The van der Waals surface area contributed by atoms with Crippen molar-refractivity contribution in [3.05, 3.63) is 53.1 Å². The number of hydrogen-bond donors (Lipinski definition) is 1. The van der Waals surface area contributed by atoms with Crippen molar-refractivity contribution in [3.63, 3.8) is 0 Å². The van der Waals surface area contributed by atoms with Gasteiger partial charge in [-0.25, -0.2) is 0 Å². The molecule has 134 valence electrons. The quantitative estimate of drug-likeness (QED) is 0.759. The molecular formula is C21H27NO3. The topological polar surface area (TPSA) is 47.6 Å². The number of carbonyl (C=O) groups excluding carboxylic acids is 1. The van der Waals surface area contributed by atoms with Crippen molar-refractivity contribution in [2.45, 2.75) is 40.5 Å². The summed E-state index contributed by atoms with van der Waals surface area (Å²) in [4.78, 5) is 12.2. The summed E-state index contributed by atoms with van der Waals surface area (Å²) in [6.45, 7) is 9.12. The minimum atomic E-state index is 0.0110. The van der Waals surface area contributed by atoms with Gasteiger partial charge in [0.05, 0.1) is 13.2 Å². The minimum Gasteiger partial charge on any atom is -0.490 e. The second-order valence-electron chi connectivity index (χ2n) is 6.07. The van der Waals surface area contributed by atoms with Crippen molar-refractivity contribution in [3.8, 4) is 11.5 Å². The van der Waals surface area contributed by atoms with Gasteiger partial charge in [0.25, 0.3) is 0 Å². The first-order valence-electron chi connectivity index (χ1n) is 8.78. The number of hydrogen-bond acceptors (Lipinski definition) is 3. The van der Waals surface area contributed by atoms with Gasteiger partial charge in [-0.3, -0.25) is 4.79 Å². The molecule has 4 nitrogen and oxygen atoms in total. The molecule has 4 heteroatoms. The van der Waals surface area contributed by atoms with Gasteiger partial charge in [-0.1, -0.05) is 12.1 Å². The van der Waals surface area contributed by atoms with Crippen LogP contribution in [0.15, 0.2) is 36.4 Å². The molecule has 0 unspecified atom stereocenters. The Kier molecular flexibility index (Phi) is 6.87. The largest absolute Gasteiger partial charge is 0.490 e. The van der Waals surface area contributed by atoms with E-state index in [-0.39, 0.29) is 5.91 Å². The van der Waals surface area contributed by atoms with Gasteiger partial charge in [-0.2, -0.15) is 0 Å². The van der Waals surface area contributed by atoms with Crippen molar-refractivity contribution in [2.24, 2.45) is 0 Å². The highest BCUT2D eigenvalue weighted by Gasteiger charge is 2.08. The zero-order valence-corrected chi connectivity index (χ0v) is 15.5. The van der Waals surface area contributed by atoms with Crippen molar-refractivity contribution < 1.29 is 14.3 Å². The lowest BCUT2D eigenvalue weighted by Gasteiger charge is -2.12. The summed E-state index contributed by atoms with van der Waals surface area (Å²) in [5, 5.41) is 2.97. The molecule has 0 saturated carbocycles. The summed E-state index contributed by atoms with van der Waals surface area (Å²) in [6, 6.07) is 11.9. The van der Waals surface area contributed by atoms with E-state index in [0.29, 0.717) is 26.1 Å². The van der Waals surface area contributed by atoms with E-state index < -0.39 is 0 Å². The van der Waals surface area contributed by atoms with Crippen LogP contribution >= 0.6 is 0 Å². The SMILES string of the molecule is CCOc1ccc(CCC(=O)Nc2cc(C)cc(C)c2)cc1OCC. The van der Waals surface area contributed by atoms with Crippen LogP contribution in [0.5, 0.6) is 11.5 Å². The van der Waals surface area contributed by atoms with Crippen LogP contribution in [0, 0.1) is 13.8 Å². The maximum atomic E-state index is 12.2. The Morgan fingerprint density at radius 3 is 2.20 bits per heavy atom. The lowest BCUT2D eigenvalue weighted by Crippen LogP contribution is -2.12. The van der Waals surface area contributed by atoms with Crippen LogP contribution in [-0.4, -0.2) is 19.1 Å². The maximum Gasteiger partial charge on any atom is 0.224 e. The molecule has 0 spiro atoms. The third-order valence-electron chi connectivity index (χ3n) is 3.75. The molecule has 0 aliphatic rings. The average Bonchev–Trinajstić information content (AvgIpc) is 2.54. The van der Waals surface area contributed by atoms with Crippen LogP contribution in [-0.2, 0) is 11.2 Å². The van der Waals surface area contributed by atoms with Gasteiger partial charge in [0.15, 0.2) is 11.5 Å². The fourth-order valence-corrected chi connectivity index (χ4v) is 2.78. The fourth-order valence-electron chi connectivity index (χ4n) is 2.78. The summed E-state index contributed by atoms with van der Waals surface area (Å²) in [7, 11) is 0. The van der Waals surface area contributed by atoms with E-state index in [1.165, 1.54) is 0 Å². The van der Waals surface area contributed by atoms with Crippen molar-refractivity contribution in [2.75, 3.05) is 18.5 Å². The zero-order valence-electron chi connectivity index (χ0n) is 15.5. The molecule has 2 rings (SSSR count). The van der Waals surface area contributed by atoms with Crippen molar-refractivity contribution >= 4 is 11.6 Å². The van der Waals surface area contributed by atoms with Crippen molar-refractivity contribution in [1.82, 2.24) is 0 Å². The molecule has 0 heterocycles. The van der Waals surface area contributed by atoms with Gasteiger partial charge in [-0.05, 0) is 75.1 Å². The van der Waals surface area contributed by atoms with E-state index in [9.17, 15) is 4.79 Å². The summed E-state index contributed by atoms with van der Waals surface area (Å²) < 4.78 is 11.2. The number of carbonyl (C=O) groups is 1. The normalized spacial score (nSPS) is 10.4. The lowest BCUT2D eigenvalue weighted by molar-refractivity contribution is -0.116. The monoisotopic (exact) mass is 341 g/mol. The molecule has 1 N–H and O–H groups in total. The predicted molar refractivity (Wildman–Crippen MR) is 102 cm³/mol. The van der Waals surface area contributed by atoms with Crippen LogP contribution in [0.25, 0.3) is 0 Å². The van der Waals surface area contributed by atoms with Crippen LogP contribution in [0.4, 0.5) is 5.69 Å². The Balaban J connectivity index is 1.97. The number of rotatable bonds is 8. The molecule has 0 radical (unpaired) electrons. The lowest BCUT2D eigenvalue weighted by atomic mass is 10.1. The first-order valence-corrected chi connectivity index (χ1v) is 8.78. The van der Waals surface area contributed by atoms with Crippen LogP contribution in [0.1, 0.15) is 37.0 Å². The molecule has 1 amide bonds. The van der Waals surface area contributed by atoms with Gasteiger partial charge in [-0.15, -0.1) is 0 Å². The first-order chi connectivity index (χ1) is 12.0. The molecule has 0 aliphatic heterocycles. The molecule has 0 atom stereocenters. The number of anilines is 1. The maximum absolute atomic E-state index is 12.2. The number of benzene rings is 2. The van der Waals surface area contributed by atoms with E-state index >= 15 is 0 Å². The Bertz CT molecular complexity index is 705. The molecule has 0 fully saturated rings. The van der Waals surface area contributed by atoms with E-state index in [1.807, 2.05) is 58.0 Å². The van der Waals surface area contributed by atoms with Gasteiger partial charge in [0.2, 0.25) is 5.91 Å². The van der Waals surface area contributed by atoms with Crippen LogP contribution in [0.2, 0.25) is 0 Å². The molecule has 0 aromatic heterocycles. The van der Waals surface area contributed by atoms with Gasteiger partial charge in [0, 0.05) is 12.1 Å². The molecule has 0 aliphatic carbocycles. The Morgan fingerprint density at radius 2 is 1.56 bits per heavy atom. The predicted octanol–water partition coefficient (Wildman–Crippen LogP) is 4.67. The number of ether oxygens (including phenoxy) is 2. The fraction of sp³-hybridized carbons (Fsp3) is 0.381. The van der Waals surface area contributed by atoms with E-state index in [4.69, 9.17) is 9.47 Å². The van der Waals surface area contributed by atoms with Gasteiger partial charge < -0.3 is 14.8 Å². The van der Waals surface area contributed by atoms with Gasteiger partial charge >= 0.3 is 0 Å². The van der Waals surface area contributed by atoms with Gasteiger partial charge in [0.1, 0.15) is 0 Å². The highest BCUT2D eigenvalue weighted by atomic mass is 16.5. The number of nitrogens with one attached hydrogen (secondary N) is 1. The van der Waals surface area contributed by atoms with E-state index in [2.05, 4.69) is 11.4 Å². The number of aryl methyl sites for hydroxylation is 3. The Labute approximate surface area is 150 Å². The molecular weight excluding hydrogens is 314 g/mol. The molecule has 2 aromatic rings. The van der Waals surface area contributed by atoms with E-state index in [0.717, 1.165) is 33.9 Å².